The van der Waals surface area contributed by atoms with E-state index in [0.29, 0.717) is 5.92 Å². The van der Waals surface area contributed by atoms with E-state index in [9.17, 15) is 0 Å². The van der Waals surface area contributed by atoms with E-state index in [0.717, 1.165) is 0 Å². The molecule has 1 rings (SSSR count). The van der Waals surface area contributed by atoms with Gasteiger partial charge in [-0.05, 0) is 0 Å². The van der Waals surface area contributed by atoms with Gasteiger partial charge in [0.05, 0.1) is 0 Å². The van der Waals surface area contributed by atoms with Gasteiger partial charge in [-0.25, -0.2) is 5.57 Å². The third-order valence-corrected chi connectivity index (χ3v) is 2.24. The van der Waals surface area contributed by atoms with Gasteiger partial charge in [0.25, 0.3) is 0 Å². The first-order valence-corrected chi connectivity index (χ1v) is 9.53. The predicted molar refractivity (Wildman–Crippen MR) is 85.4 cm³/mol. The fourth-order valence-corrected chi connectivity index (χ4v) is 1.16. The molecule has 1 unspecified atom stereocenters. The third-order valence-electron chi connectivity index (χ3n) is 2.24. The second-order valence-corrected chi connectivity index (χ2v) is 5.05. The molecule has 0 saturated carbocycles. The molecule has 1 nitrogen and oxygen atoms in total. The van der Waals surface area contributed by atoms with Crippen molar-refractivity contribution in [3.05, 3.63) is 43.4 Å². The van der Waals surface area contributed by atoms with Crippen molar-refractivity contribution < 1.29 is 19.2 Å². The van der Waals surface area contributed by atoms with Gasteiger partial charge >= 0.3 is 26.8 Å². The Balaban J connectivity index is -0.0000000959. The normalized spacial score (nSPS) is 17.1. The van der Waals surface area contributed by atoms with Gasteiger partial charge in [-0.1, -0.05) is 47.5 Å². The van der Waals surface area contributed by atoms with Crippen LogP contribution in [-0.4, -0.2) is 13.2 Å². The molecule has 0 aromatic carbocycles. The molecule has 18 heavy (non-hydrogen) atoms. The minimum atomic E-state index is -0.250. The van der Waals surface area contributed by atoms with E-state index in [1.165, 1.54) is 16.7 Å². The van der Waals surface area contributed by atoms with Crippen LogP contribution in [0.4, 0.5) is 0 Å². The molecule has 0 aliphatic heterocycles. The maximum absolute atomic E-state index is 6.94. The van der Waals surface area contributed by atoms with Crippen LogP contribution in [-0.2, 0) is 19.2 Å². The Morgan fingerprint density at radius 3 is 1.44 bits per heavy atom. The van der Waals surface area contributed by atoms with E-state index in [1.54, 1.807) is 0 Å². The summed E-state index contributed by atoms with van der Waals surface area (Å²) in [5.74, 6) is 0.560. The van der Waals surface area contributed by atoms with Gasteiger partial charge in [0.2, 0.25) is 0 Å². The second-order valence-electron chi connectivity index (χ2n) is 5.05. The van der Waals surface area contributed by atoms with Crippen LogP contribution in [0.15, 0.2) is 16.7 Å². The molecule has 0 heterocycles. The zero-order chi connectivity index (χ0) is 13.5. The van der Waals surface area contributed by atoms with Crippen LogP contribution in [0, 0.1) is 26.8 Å². The maximum atomic E-state index is 6.94. The molecule has 1 N–H and O–H groups in total. The summed E-state index contributed by atoms with van der Waals surface area (Å²) in [5.41, 5.74) is 10.9. The molecule has 1 aliphatic carbocycles. The summed E-state index contributed by atoms with van der Waals surface area (Å²) >= 11 is 2.03. The van der Waals surface area contributed by atoms with Crippen LogP contribution < -0.4 is 0 Å². The van der Waals surface area contributed by atoms with Gasteiger partial charge in [0.1, 0.15) is 0 Å². The molecule has 0 spiro atoms. The van der Waals surface area contributed by atoms with E-state index >= 15 is 0 Å². The summed E-state index contributed by atoms with van der Waals surface area (Å²) in [5, 5.41) is 0. The molecular weight excluding hydrogens is 270 g/mol. The molecule has 0 aromatic heterocycles. The number of hydrogen-bond acceptors (Lipinski definition) is 0. The van der Waals surface area contributed by atoms with Gasteiger partial charge in [-0.15, -0.1) is 12.5 Å². The molecule has 0 bridgehead atoms. The zero-order valence-corrected chi connectivity index (χ0v) is 16.8. The summed E-state index contributed by atoms with van der Waals surface area (Å²) < 4.78 is 0. The first-order valence-electron chi connectivity index (χ1n) is 5.51. The van der Waals surface area contributed by atoms with Crippen LogP contribution >= 0.6 is 0 Å². The van der Waals surface area contributed by atoms with Crippen molar-refractivity contribution in [1.29, 1.82) is 0 Å². The van der Waals surface area contributed by atoms with Crippen molar-refractivity contribution in [2.24, 2.45) is 5.92 Å². The molecule has 0 aromatic rings. The number of hydrogen-bond donors (Lipinski definition) is 0. The van der Waals surface area contributed by atoms with Gasteiger partial charge in [-0.2, -0.15) is 11.1 Å². The Morgan fingerprint density at radius 2 is 1.39 bits per heavy atom. The average molecular weight is 301 g/mol. The van der Waals surface area contributed by atoms with Crippen LogP contribution in [0.5, 0.6) is 0 Å². The quantitative estimate of drug-likeness (QED) is 0.463. The standard InChI is InChI=1S/C9H13.C4H10N.2CH3.H2Si.Ti/c1-6-5-7(2)9(4)8(6)3;1-4(2,3)5;;;;/h6H,1-4H3;5H,1-3H3;2*1H3;1H2;/q4*-1;;. The van der Waals surface area contributed by atoms with Crippen LogP contribution in [0.2, 0.25) is 0 Å². The summed E-state index contributed by atoms with van der Waals surface area (Å²) in [7, 11) is 1.86. The van der Waals surface area contributed by atoms with E-state index < -0.39 is 0 Å². The van der Waals surface area contributed by atoms with E-state index in [-0.39, 0.29) is 20.4 Å². The molecular formula is C15H31NSiTi-4. The third kappa shape index (κ3) is 14.4. The Morgan fingerprint density at radius 1 is 1.11 bits per heavy atom. The summed E-state index contributed by atoms with van der Waals surface area (Å²) in [6.07, 6.45) is 3.36. The Kier molecular flexibility index (Phi) is 18.5. The molecule has 3 heteroatoms. The minimum absolute atomic E-state index is 0. The SMILES string of the molecule is CC(C)(C)[NH-].CC1=[C-]C(C)C(C)=C1C.[CH3-].[CH3-].[SiH2]=[Ti]. The van der Waals surface area contributed by atoms with E-state index in [4.69, 9.17) is 5.73 Å². The van der Waals surface area contributed by atoms with Crippen molar-refractivity contribution in [2.45, 2.75) is 54.0 Å². The number of nitrogens with one attached hydrogen (secondary N) is 1. The molecule has 108 valence electrons. The van der Waals surface area contributed by atoms with Gasteiger partial charge in [-0.3, -0.25) is 6.08 Å². The van der Waals surface area contributed by atoms with Crippen molar-refractivity contribution in [2.75, 3.05) is 0 Å². The number of allylic oxidation sites excluding steroid dienone is 4. The van der Waals surface area contributed by atoms with Crippen LogP contribution in [0.25, 0.3) is 5.73 Å². The first-order chi connectivity index (χ1) is 7.13. The van der Waals surface area contributed by atoms with Gasteiger partial charge in [0, 0.05) is 0 Å². The molecule has 1 atom stereocenters. The van der Waals surface area contributed by atoms with E-state index in [1.807, 2.05) is 47.6 Å². The van der Waals surface area contributed by atoms with Crippen molar-refractivity contribution >= 4 is 7.63 Å². The van der Waals surface area contributed by atoms with Crippen molar-refractivity contribution in [1.82, 2.24) is 0 Å². The molecule has 0 saturated heterocycles. The van der Waals surface area contributed by atoms with Gasteiger partial charge in [0.15, 0.2) is 0 Å². The van der Waals surface area contributed by atoms with Crippen LogP contribution in [0.3, 0.4) is 0 Å². The summed E-state index contributed by atoms with van der Waals surface area (Å²) in [4.78, 5) is 0. The Bertz CT molecular complexity index is 269. The summed E-state index contributed by atoms with van der Waals surface area (Å²) in [6, 6.07) is 0. The van der Waals surface area contributed by atoms with Gasteiger partial charge < -0.3 is 20.6 Å². The van der Waals surface area contributed by atoms with Crippen LogP contribution in [0.1, 0.15) is 48.5 Å². The monoisotopic (exact) mass is 301 g/mol. The van der Waals surface area contributed by atoms with Crippen molar-refractivity contribution in [3.63, 3.8) is 0 Å². The second kappa shape index (κ2) is 12.4. The predicted octanol–water partition coefficient (Wildman–Crippen LogP) is 4.54. The first kappa shape index (κ1) is 26.8. The fraction of sp³-hybridized carbons (Fsp3) is 0.600. The molecule has 0 fully saturated rings. The molecule has 0 amide bonds. The summed E-state index contributed by atoms with van der Waals surface area (Å²) in [6.45, 7) is 14.2. The van der Waals surface area contributed by atoms with Crippen molar-refractivity contribution in [3.8, 4) is 0 Å². The fourth-order valence-electron chi connectivity index (χ4n) is 1.16. The number of rotatable bonds is 0. The Hall–Kier alpha value is 0.371. The average Bonchev–Trinajstić information content (AvgIpc) is 2.34. The molecule has 0 radical (unpaired) electrons. The molecule has 1 aliphatic rings. The Labute approximate surface area is 130 Å². The zero-order valence-electron chi connectivity index (χ0n) is 13.8. The van der Waals surface area contributed by atoms with E-state index in [2.05, 4.69) is 33.8 Å². The topological polar surface area (TPSA) is 23.8 Å².